The van der Waals surface area contributed by atoms with Crippen LogP contribution < -0.4 is 5.73 Å². The number of aromatic amines is 1. The highest BCUT2D eigenvalue weighted by Crippen LogP contribution is 2.27. The SMILES string of the molecule is CC(N)C(=O)N1CCC(c2nc3ccccc3[nH]2)CC1.Cl. The quantitative estimate of drug-likeness (QED) is 0.891. The van der Waals surface area contributed by atoms with Crippen LogP contribution in [0.2, 0.25) is 0 Å². The van der Waals surface area contributed by atoms with E-state index >= 15 is 0 Å². The average Bonchev–Trinajstić information content (AvgIpc) is 2.90. The number of rotatable bonds is 2. The zero-order valence-electron chi connectivity index (χ0n) is 12.1. The van der Waals surface area contributed by atoms with E-state index in [1.807, 2.05) is 29.2 Å². The molecule has 1 aliphatic rings. The lowest BCUT2D eigenvalue weighted by molar-refractivity contribution is -0.133. The largest absolute Gasteiger partial charge is 0.342 e. The van der Waals surface area contributed by atoms with Crippen LogP contribution in [-0.2, 0) is 4.79 Å². The number of aromatic nitrogens is 2. The fourth-order valence-electron chi connectivity index (χ4n) is 2.83. The number of benzene rings is 1. The second-order valence-corrected chi connectivity index (χ2v) is 5.53. The van der Waals surface area contributed by atoms with Crippen molar-refractivity contribution in [2.75, 3.05) is 13.1 Å². The van der Waals surface area contributed by atoms with Gasteiger partial charge >= 0.3 is 0 Å². The van der Waals surface area contributed by atoms with Gasteiger partial charge < -0.3 is 15.6 Å². The molecular formula is C15H21ClN4O. The van der Waals surface area contributed by atoms with Crippen LogP contribution in [0.5, 0.6) is 0 Å². The Labute approximate surface area is 130 Å². The first kappa shape index (κ1) is 15.8. The second-order valence-electron chi connectivity index (χ2n) is 5.53. The van der Waals surface area contributed by atoms with E-state index in [0.717, 1.165) is 42.8 Å². The van der Waals surface area contributed by atoms with Gasteiger partial charge in [0.1, 0.15) is 5.82 Å². The minimum Gasteiger partial charge on any atom is -0.342 e. The molecule has 1 fully saturated rings. The normalized spacial score (nSPS) is 17.5. The van der Waals surface area contributed by atoms with Gasteiger partial charge in [-0.05, 0) is 31.9 Å². The van der Waals surface area contributed by atoms with Gasteiger partial charge in [0.25, 0.3) is 0 Å². The Morgan fingerprint density at radius 2 is 2.05 bits per heavy atom. The summed E-state index contributed by atoms with van der Waals surface area (Å²) < 4.78 is 0. The molecule has 1 unspecified atom stereocenters. The Morgan fingerprint density at radius 1 is 1.38 bits per heavy atom. The van der Waals surface area contributed by atoms with Gasteiger partial charge in [0.2, 0.25) is 5.91 Å². The predicted octanol–water partition coefficient (Wildman–Crippen LogP) is 2.04. The summed E-state index contributed by atoms with van der Waals surface area (Å²) in [6.07, 6.45) is 1.89. The van der Waals surface area contributed by atoms with Crippen LogP contribution in [0.3, 0.4) is 0 Å². The van der Waals surface area contributed by atoms with Crippen molar-refractivity contribution in [3.05, 3.63) is 30.1 Å². The van der Waals surface area contributed by atoms with Crippen molar-refractivity contribution >= 4 is 29.3 Å². The minimum absolute atomic E-state index is 0. The summed E-state index contributed by atoms with van der Waals surface area (Å²) in [5, 5.41) is 0. The number of imidazole rings is 1. The van der Waals surface area contributed by atoms with Crippen molar-refractivity contribution in [1.82, 2.24) is 14.9 Å². The molecule has 2 aromatic rings. The van der Waals surface area contributed by atoms with Crippen molar-refractivity contribution in [2.24, 2.45) is 5.73 Å². The molecule has 1 amide bonds. The fourth-order valence-corrected chi connectivity index (χ4v) is 2.83. The maximum Gasteiger partial charge on any atom is 0.239 e. The molecule has 1 saturated heterocycles. The first-order chi connectivity index (χ1) is 9.65. The molecule has 2 heterocycles. The van der Waals surface area contributed by atoms with Crippen LogP contribution in [0.4, 0.5) is 0 Å². The summed E-state index contributed by atoms with van der Waals surface area (Å²) in [4.78, 5) is 21.8. The molecule has 0 radical (unpaired) electrons. The number of H-pyrrole nitrogens is 1. The Kier molecular flexibility index (Phi) is 4.85. The van der Waals surface area contributed by atoms with Gasteiger partial charge in [0.15, 0.2) is 0 Å². The molecule has 1 atom stereocenters. The highest BCUT2D eigenvalue weighted by Gasteiger charge is 2.26. The van der Waals surface area contributed by atoms with Gasteiger partial charge in [-0.25, -0.2) is 4.98 Å². The molecule has 0 bridgehead atoms. The summed E-state index contributed by atoms with van der Waals surface area (Å²) in [5.41, 5.74) is 7.74. The number of amides is 1. The molecular weight excluding hydrogens is 288 g/mol. The molecule has 0 spiro atoms. The highest BCUT2D eigenvalue weighted by molar-refractivity contribution is 5.85. The van der Waals surface area contributed by atoms with E-state index in [2.05, 4.69) is 9.97 Å². The van der Waals surface area contributed by atoms with E-state index in [4.69, 9.17) is 5.73 Å². The van der Waals surface area contributed by atoms with Gasteiger partial charge in [-0.1, -0.05) is 12.1 Å². The summed E-state index contributed by atoms with van der Waals surface area (Å²) in [5.74, 6) is 1.49. The zero-order valence-corrected chi connectivity index (χ0v) is 12.9. The van der Waals surface area contributed by atoms with Crippen LogP contribution in [0.25, 0.3) is 11.0 Å². The van der Waals surface area contributed by atoms with Crippen LogP contribution in [0.1, 0.15) is 31.5 Å². The fraction of sp³-hybridized carbons (Fsp3) is 0.467. The van der Waals surface area contributed by atoms with Gasteiger partial charge in [-0.15, -0.1) is 12.4 Å². The Bertz CT molecular complexity index is 584. The van der Waals surface area contributed by atoms with Gasteiger partial charge in [-0.3, -0.25) is 4.79 Å². The lowest BCUT2D eigenvalue weighted by Gasteiger charge is -2.32. The van der Waals surface area contributed by atoms with E-state index in [1.165, 1.54) is 0 Å². The van der Waals surface area contributed by atoms with Crippen LogP contribution in [-0.4, -0.2) is 39.9 Å². The zero-order chi connectivity index (χ0) is 14.1. The molecule has 5 nitrogen and oxygen atoms in total. The Hall–Kier alpha value is -1.59. The Balaban J connectivity index is 0.00000161. The molecule has 0 aliphatic carbocycles. The average molecular weight is 309 g/mol. The van der Waals surface area contributed by atoms with Crippen LogP contribution in [0.15, 0.2) is 24.3 Å². The smallest absolute Gasteiger partial charge is 0.239 e. The first-order valence-electron chi connectivity index (χ1n) is 7.14. The molecule has 0 saturated carbocycles. The monoisotopic (exact) mass is 308 g/mol. The molecule has 21 heavy (non-hydrogen) atoms. The minimum atomic E-state index is -0.405. The number of likely N-dealkylation sites (tertiary alicyclic amines) is 1. The standard InChI is InChI=1S/C15H20N4O.ClH/c1-10(16)15(20)19-8-6-11(7-9-19)14-17-12-4-2-3-5-13(12)18-14;/h2-5,10-11H,6-9,16H2,1H3,(H,17,18);1H. The summed E-state index contributed by atoms with van der Waals surface area (Å²) in [7, 11) is 0. The third kappa shape index (κ3) is 3.19. The molecule has 3 rings (SSSR count). The number of para-hydroxylation sites is 2. The van der Waals surface area contributed by atoms with Crippen LogP contribution >= 0.6 is 12.4 Å². The Morgan fingerprint density at radius 3 is 2.67 bits per heavy atom. The second kappa shape index (κ2) is 6.45. The number of piperidine rings is 1. The number of carbonyl (C=O) groups is 1. The predicted molar refractivity (Wildman–Crippen MR) is 85.5 cm³/mol. The molecule has 1 aromatic carbocycles. The van der Waals surface area contributed by atoms with Crippen molar-refractivity contribution in [1.29, 1.82) is 0 Å². The van der Waals surface area contributed by atoms with Gasteiger partial charge in [0.05, 0.1) is 17.1 Å². The van der Waals surface area contributed by atoms with Crippen LogP contribution in [0, 0.1) is 0 Å². The number of hydrogen-bond acceptors (Lipinski definition) is 3. The first-order valence-corrected chi connectivity index (χ1v) is 7.14. The number of nitrogens with two attached hydrogens (primary N) is 1. The van der Waals surface area contributed by atoms with E-state index in [9.17, 15) is 4.79 Å². The number of fused-ring (bicyclic) bond motifs is 1. The summed E-state index contributed by atoms with van der Waals surface area (Å²) in [6.45, 7) is 3.28. The maximum absolute atomic E-state index is 11.9. The molecule has 1 aromatic heterocycles. The molecule has 3 N–H and O–H groups in total. The summed E-state index contributed by atoms with van der Waals surface area (Å²) >= 11 is 0. The number of hydrogen-bond donors (Lipinski definition) is 2. The van der Waals surface area contributed by atoms with E-state index in [1.54, 1.807) is 6.92 Å². The van der Waals surface area contributed by atoms with Crippen molar-refractivity contribution in [3.8, 4) is 0 Å². The molecule has 1 aliphatic heterocycles. The summed E-state index contributed by atoms with van der Waals surface area (Å²) in [6, 6.07) is 7.66. The number of carbonyl (C=O) groups excluding carboxylic acids is 1. The topological polar surface area (TPSA) is 75.0 Å². The van der Waals surface area contributed by atoms with E-state index in [-0.39, 0.29) is 18.3 Å². The molecule has 6 heteroatoms. The number of nitrogens with one attached hydrogen (secondary N) is 1. The van der Waals surface area contributed by atoms with Gasteiger partial charge in [-0.2, -0.15) is 0 Å². The van der Waals surface area contributed by atoms with E-state index in [0.29, 0.717) is 5.92 Å². The van der Waals surface area contributed by atoms with Gasteiger partial charge in [0, 0.05) is 19.0 Å². The number of nitrogens with zero attached hydrogens (tertiary/aromatic N) is 2. The van der Waals surface area contributed by atoms with Crippen molar-refractivity contribution in [2.45, 2.75) is 31.7 Å². The maximum atomic E-state index is 11.9. The number of halogens is 1. The third-order valence-electron chi connectivity index (χ3n) is 3.99. The van der Waals surface area contributed by atoms with Crippen molar-refractivity contribution in [3.63, 3.8) is 0 Å². The lowest BCUT2D eigenvalue weighted by Crippen LogP contribution is -2.45. The highest BCUT2D eigenvalue weighted by atomic mass is 35.5. The lowest BCUT2D eigenvalue weighted by atomic mass is 9.96. The molecule has 114 valence electrons. The van der Waals surface area contributed by atoms with E-state index < -0.39 is 6.04 Å². The third-order valence-corrected chi connectivity index (χ3v) is 3.99. The van der Waals surface area contributed by atoms with Crippen molar-refractivity contribution < 1.29 is 4.79 Å².